The first-order valence-corrected chi connectivity index (χ1v) is 5.77. The Bertz CT molecular complexity index is 212. The van der Waals surface area contributed by atoms with Crippen molar-refractivity contribution in [1.29, 1.82) is 0 Å². The average Bonchev–Trinajstić information content (AvgIpc) is 2.80. The highest BCUT2D eigenvalue weighted by Crippen LogP contribution is 2.47. The molecule has 2 N–H and O–H groups in total. The van der Waals surface area contributed by atoms with Gasteiger partial charge < -0.3 is 5.73 Å². The van der Waals surface area contributed by atoms with Crippen LogP contribution in [-0.4, -0.2) is 30.1 Å². The van der Waals surface area contributed by atoms with Crippen molar-refractivity contribution in [1.82, 2.24) is 4.90 Å². The molecule has 0 bridgehead atoms. The normalized spacial score (nSPS) is 46.4. The van der Waals surface area contributed by atoms with Crippen molar-refractivity contribution in [3.8, 4) is 0 Å². The lowest BCUT2D eigenvalue weighted by atomic mass is 9.85. The van der Waals surface area contributed by atoms with Gasteiger partial charge in [0.15, 0.2) is 0 Å². The second kappa shape index (κ2) is 2.71. The Morgan fingerprint density at radius 1 is 1.15 bits per heavy atom. The molecular weight excluding hydrogens is 160 g/mol. The molecule has 2 atom stereocenters. The zero-order chi connectivity index (χ0) is 8.89. The molecule has 1 spiro atoms. The third-order valence-electron chi connectivity index (χ3n) is 4.27. The van der Waals surface area contributed by atoms with E-state index in [0.717, 1.165) is 6.04 Å². The molecule has 0 radical (unpaired) electrons. The largest absolute Gasteiger partial charge is 0.328 e. The van der Waals surface area contributed by atoms with Crippen LogP contribution in [0.2, 0.25) is 0 Å². The third kappa shape index (κ3) is 1.40. The average molecular weight is 180 g/mol. The van der Waals surface area contributed by atoms with Crippen LogP contribution >= 0.6 is 0 Å². The van der Waals surface area contributed by atoms with E-state index in [2.05, 4.69) is 4.90 Å². The van der Waals surface area contributed by atoms with E-state index in [0.29, 0.717) is 11.5 Å². The van der Waals surface area contributed by atoms with Crippen LogP contribution < -0.4 is 5.73 Å². The van der Waals surface area contributed by atoms with Gasteiger partial charge in [0.05, 0.1) is 0 Å². The van der Waals surface area contributed by atoms with Gasteiger partial charge in [-0.1, -0.05) is 0 Å². The monoisotopic (exact) mass is 180 g/mol. The number of hydrogen-bond donors (Lipinski definition) is 1. The minimum Gasteiger partial charge on any atom is -0.328 e. The summed E-state index contributed by atoms with van der Waals surface area (Å²) >= 11 is 0. The van der Waals surface area contributed by atoms with Crippen LogP contribution in [0, 0.1) is 5.41 Å². The molecule has 0 unspecified atom stereocenters. The van der Waals surface area contributed by atoms with Crippen LogP contribution in [0.4, 0.5) is 0 Å². The van der Waals surface area contributed by atoms with E-state index < -0.39 is 0 Å². The van der Waals surface area contributed by atoms with Crippen LogP contribution in [0.15, 0.2) is 0 Å². The maximum atomic E-state index is 6.01. The molecule has 2 nitrogen and oxygen atoms in total. The molecule has 3 rings (SSSR count). The van der Waals surface area contributed by atoms with E-state index in [9.17, 15) is 0 Å². The lowest BCUT2D eigenvalue weighted by Crippen LogP contribution is -2.28. The molecular formula is C11H20N2. The highest BCUT2D eigenvalue weighted by molar-refractivity contribution is 5.00. The predicted octanol–water partition coefficient (Wildman–Crippen LogP) is 1.35. The van der Waals surface area contributed by atoms with E-state index in [1.54, 1.807) is 0 Å². The summed E-state index contributed by atoms with van der Waals surface area (Å²) in [6, 6.07) is 1.48. The molecule has 1 aliphatic heterocycles. The number of likely N-dealkylation sites (tertiary alicyclic amines) is 1. The molecule has 1 saturated heterocycles. The van der Waals surface area contributed by atoms with Crippen molar-refractivity contribution < 1.29 is 0 Å². The van der Waals surface area contributed by atoms with Gasteiger partial charge in [-0.15, -0.1) is 0 Å². The van der Waals surface area contributed by atoms with Crippen LogP contribution in [0.3, 0.4) is 0 Å². The minimum absolute atomic E-state index is 0.513. The molecule has 2 saturated carbocycles. The van der Waals surface area contributed by atoms with Crippen molar-refractivity contribution >= 4 is 0 Å². The Morgan fingerprint density at radius 2 is 2.00 bits per heavy atom. The summed E-state index contributed by atoms with van der Waals surface area (Å²) in [6.07, 6.45) is 8.33. The van der Waals surface area contributed by atoms with Crippen LogP contribution in [0.5, 0.6) is 0 Å². The van der Waals surface area contributed by atoms with Gasteiger partial charge in [0.1, 0.15) is 0 Å². The predicted molar refractivity (Wildman–Crippen MR) is 53.5 cm³/mol. The number of nitrogens with two attached hydrogens (primary N) is 1. The summed E-state index contributed by atoms with van der Waals surface area (Å²) in [7, 11) is 0. The first-order chi connectivity index (χ1) is 6.27. The summed E-state index contributed by atoms with van der Waals surface area (Å²) in [4.78, 5) is 2.72. The Hall–Kier alpha value is -0.0800. The van der Waals surface area contributed by atoms with Gasteiger partial charge in [-0.2, -0.15) is 0 Å². The van der Waals surface area contributed by atoms with Crippen LogP contribution in [-0.2, 0) is 0 Å². The lowest BCUT2D eigenvalue weighted by Gasteiger charge is -2.23. The maximum Gasteiger partial charge on any atom is 0.00966 e. The molecule has 0 amide bonds. The van der Waals surface area contributed by atoms with Crippen LogP contribution in [0.1, 0.15) is 38.5 Å². The first-order valence-electron chi connectivity index (χ1n) is 5.77. The van der Waals surface area contributed by atoms with E-state index in [-0.39, 0.29) is 0 Å². The quantitative estimate of drug-likeness (QED) is 0.660. The van der Waals surface area contributed by atoms with Crippen LogP contribution in [0.25, 0.3) is 0 Å². The summed E-state index contributed by atoms with van der Waals surface area (Å²) in [5.41, 5.74) is 6.66. The summed E-state index contributed by atoms with van der Waals surface area (Å²) in [6.45, 7) is 2.72. The van der Waals surface area contributed by atoms with E-state index in [1.807, 2.05) is 0 Å². The first kappa shape index (κ1) is 8.25. The summed E-state index contributed by atoms with van der Waals surface area (Å²) < 4.78 is 0. The fraction of sp³-hybridized carbons (Fsp3) is 1.00. The molecule has 0 aromatic rings. The van der Waals surface area contributed by atoms with E-state index in [4.69, 9.17) is 5.73 Å². The van der Waals surface area contributed by atoms with Gasteiger partial charge in [-0.05, 0) is 50.5 Å². The fourth-order valence-corrected chi connectivity index (χ4v) is 3.34. The van der Waals surface area contributed by atoms with Crippen molar-refractivity contribution in [3.05, 3.63) is 0 Å². The summed E-state index contributed by atoms with van der Waals surface area (Å²) in [5.74, 6) is 0. The van der Waals surface area contributed by atoms with Crippen molar-refractivity contribution in [3.63, 3.8) is 0 Å². The second-order valence-corrected chi connectivity index (χ2v) is 5.45. The number of rotatable bonds is 1. The molecule has 13 heavy (non-hydrogen) atoms. The molecule has 3 fully saturated rings. The molecule has 0 aromatic carbocycles. The molecule has 0 aromatic heterocycles. The highest BCUT2D eigenvalue weighted by atomic mass is 15.2. The molecule has 3 aliphatic rings. The minimum atomic E-state index is 0.513. The van der Waals surface area contributed by atoms with Crippen molar-refractivity contribution in [2.75, 3.05) is 13.1 Å². The van der Waals surface area contributed by atoms with E-state index >= 15 is 0 Å². The molecule has 1 heterocycles. The SMILES string of the molecule is N[C@H]1CC[C@]2(CCN(C3CC3)C2)C1. The lowest BCUT2D eigenvalue weighted by molar-refractivity contribution is 0.253. The smallest absolute Gasteiger partial charge is 0.00966 e. The molecule has 74 valence electrons. The zero-order valence-electron chi connectivity index (χ0n) is 8.34. The zero-order valence-corrected chi connectivity index (χ0v) is 8.34. The Kier molecular flexibility index (Phi) is 1.72. The summed E-state index contributed by atoms with van der Waals surface area (Å²) in [5, 5.41) is 0. The standard InChI is InChI=1S/C11H20N2/c12-9-3-4-11(7-9)5-6-13(8-11)10-1-2-10/h9-10H,1-8,12H2/t9-,11-/m0/s1. The van der Waals surface area contributed by atoms with Gasteiger partial charge in [0.2, 0.25) is 0 Å². The van der Waals surface area contributed by atoms with Gasteiger partial charge in [0.25, 0.3) is 0 Å². The van der Waals surface area contributed by atoms with Gasteiger partial charge in [0, 0.05) is 18.6 Å². The Labute approximate surface area is 80.5 Å². The third-order valence-corrected chi connectivity index (χ3v) is 4.27. The Morgan fingerprint density at radius 3 is 2.62 bits per heavy atom. The van der Waals surface area contributed by atoms with Gasteiger partial charge in [-0.25, -0.2) is 0 Å². The van der Waals surface area contributed by atoms with Crippen molar-refractivity contribution in [2.24, 2.45) is 11.1 Å². The Balaban J connectivity index is 1.66. The van der Waals surface area contributed by atoms with E-state index in [1.165, 1.54) is 51.6 Å². The topological polar surface area (TPSA) is 29.3 Å². The number of nitrogens with zero attached hydrogens (tertiary/aromatic N) is 1. The maximum absolute atomic E-state index is 6.01. The second-order valence-electron chi connectivity index (χ2n) is 5.45. The van der Waals surface area contributed by atoms with Crippen molar-refractivity contribution in [2.45, 2.75) is 50.6 Å². The fourth-order valence-electron chi connectivity index (χ4n) is 3.34. The molecule has 2 heteroatoms. The van der Waals surface area contributed by atoms with Gasteiger partial charge >= 0.3 is 0 Å². The van der Waals surface area contributed by atoms with Gasteiger partial charge in [-0.3, -0.25) is 4.90 Å². The highest BCUT2D eigenvalue weighted by Gasteiger charge is 2.46. The molecule has 2 aliphatic carbocycles. The number of hydrogen-bond acceptors (Lipinski definition) is 2.